The van der Waals surface area contributed by atoms with Gasteiger partial charge in [-0.25, -0.2) is 0 Å². The molecule has 3 aliphatic rings. The fraction of sp³-hybridized carbons (Fsp3) is 0.778. The molecule has 2 saturated carbocycles. The van der Waals surface area contributed by atoms with Gasteiger partial charge in [-0.3, -0.25) is 9.59 Å². The molecule has 3 nitrogen and oxygen atoms in total. The molecule has 0 radical (unpaired) electrons. The van der Waals surface area contributed by atoms with Crippen LogP contribution in [-0.2, 0) is 14.3 Å². The van der Waals surface area contributed by atoms with Crippen molar-refractivity contribution in [1.29, 1.82) is 0 Å². The molecular weight excluding hydrogens is 156 g/mol. The van der Waals surface area contributed by atoms with Gasteiger partial charge >= 0.3 is 11.9 Å². The third kappa shape index (κ3) is 0.586. The first-order chi connectivity index (χ1) is 5.77. The van der Waals surface area contributed by atoms with Gasteiger partial charge in [-0.1, -0.05) is 0 Å². The molecule has 1 heterocycles. The van der Waals surface area contributed by atoms with Crippen LogP contribution in [0.3, 0.4) is 0 Å². The summed E-state index contributed by atoms with van der Waals surface area (Å²) in [7, 11) is 0. The van der Waals surface area contributed by atoms with E-state index >= 15 is 0 Å². The summed E-state index contributed by atoms with van der Waals surface area (Å²) < 4.78 is 4.63. The van der Waals surface area contributed by atoms with Crippen LogP contribution in [0, 0.1) is 23.7 Å². The fourth-order valence-electron chi connectivity index (χ4n) is 3.20. The SMILES string of the molecule is O=C1OC(=O)[C@H]2C3CCC(C3)[C@H]12. The smallest absolute Gasteiger partial charge is 0.317 e. The van der Waals surface area contributed by atoms with Gasteiger partial charge in [0, 0.05) is 0 Å². The Balaban J connectivity index is 2.03. The summed E-state index contributed by atoms with van der Waals surface area (Å²) >= 11 is 0. The van der Waals surface area contributed by atoms with Crippen molar-refractivity contribution in [2.24, 2.45) is 23.7 Å². The van der Waals surface area contributed by atoms with Crippen LogP contribution in [0.5, 0.6) is 0 Å². The predicted octanol–water partition coefficient (Wildman–Crippen LogP) is 0.732. The van der Waals surface area contributed by atoms with E-state index in [1.54, 1.807) is 0 Å². The normalized spacial score (nSPS) is 49.7. The molecule has 3 fully saturated rings. The Hall–Kier alpha value is -0.860. The first-order valence-electron chi connectivity index (χ1n) is 4.53. The summed E-state index contributed by atoms with van der Waals surface area (Å²) in [5.74, 6) is 0.291. The molecule has 2 aliphatic carbocycles. The van der Waals surface area contributed by atoms with Crippen molar-refractivity contribution in [3.05, 3.63) is 0 Å². The molecule has 4 atom stereocenters. The second-order valence-corrected chi connectivity index (χ2v) is 4.12. The van der Waals surface area contributed by atoms with Gasteiger partial charge < -0.3 is 4.74 Å². The average Bonchev–Trinajstić information content (AvgIpc) is 2.64. The van der Waals surface area contributed by atoms with Crippen LogP contribution < -0.4 is 0 Å². The van der Waals surface area contributed by atoms with Crippen molar-refractivity contribution in [2.75, 3.05) is 0 Å². The standard InChI is InChI=1S/C9H10O3/c10-8-6-4-1-2-5(3-4)7(6)9(11)12-8/h4-7H,1-3H2/t4?,5?,6-,7-/m0/s1. The second-order valence-electron chi connectivity index (χ2n) is 4.12. The van der Waals surface area contributed by atoms with Crippen molar-refractivity contribution in [3.8, 4) is 0 Å². The molecule has 0 aromatic rings. The zero-order chi connectivity index (χ0) is 8.29. The van der Waals surface area contributed by atoms with Gasteiger partial charge in [0.15, 0.2) is 0 Å². The third-order valence-electron chi connectivity index (χ3n) is 3.66. The maximum atomic E-state index is 11.2. The van der Waals surface area contributed by atoms with Crippen molar-refractivity contribution >= 4 is 11.9 Å². The Bertz CT molecular complexity index is 245. The summed E-state index contributed by atoms with van der Waals surface area (Å²) in [5.41, 5.74) is 0. The molecule has 2 bridgehead atoms. The number of carbonyl (C=O) groups excluding carboxylic acids is 2. The van der Waals surface area contributed by atoms with Crippen LogP contribution in [-0.4, -0.2) is 11.9 Å². The second kappa shape index (κ2) is 1.90. The van der Waals surface area contributed by atoms with Crippen LogP contribution in [0.25, 0.3) is 0 Å². The Morgan fingerprint density at radius 3 is 2.00 bits per heavy atom. The quantitative estimate of drug-likeness (QED) is 0.393. The minimum absolute atomic E-state index is 0.0590. The van der Waals surface area contributed by atoms with E-state index in [0.717, 1.165) is 19.3 Å². The maximum Gasteiger partial charge on any atom is 0.317 e. The summed E-state index contributed by atoms with van der Waals surface area (Å²) in [4.78, 5) is 22.4. The zero-order valence-electron chi connectivity index (χ0n) is 6.66. The molecular formula is C9H10O3. The minimum atomic E-state index is -0.253. The van der Waals surface area contributed by atoms with Crippen molar-refractivity contribution in [2.45, 2.75) is 19.3 Å². The Kier molecular flexibility index (Phi) is 1.05. The number of carbonyl (C=O) groups is 2. The molecule has 3 rings (SSSR count). The first kappa shape index (κ1) is 6.63. The minimum Gasteiger partial charge on any atom is -0.393 e. The number of hydrogen-bond acceptors (Lipinski definition) is 3. The zero-order valence-corrected chi connectivity index (χ0v) is 6.66. The van der Waals surface area contributed by atoms with Gasteiger partial charge in [-0.05, 0) is 31.1 Å². The van der Waals surface area contributed by atoms with Crippen LogP contribution in [0.15, 0.2) is 0 Å². The lowest BCUT2D eigenvalue weighted by Gasteiger charge is -2.17. The van der Waals surface area contributed by atoms with Gasteiger partial charge in [0.05, 0.1) is 11.8 Å². The average molecular weight is 166 g/mol. The molecule has 0 aromatic heterocycles. The van der Waals surface area contributed by atoms with Crippen LogP contribution in [0.4, 0.5) is 0 Å². The lowest BCUT2D eigenvalue weighted by atomic mass is 9.81. The number of fused-ring (bicyclic) bond motifs is 5. The highest BCUT2D eigenvalue weighted by Gasteiger charge is 2.59. The Labute approximate surface area is 70.1 Å². The van der Waals surface area contributed by atoms with E-state index in [2.05, 4.69) is 4.74 Å². The first-order valence-corrected chi connectivity index (χ1v) is 4.53. The maximum absolute atomic E-state index is 11.2. The summed E-state index contributed by atoms with van der Waals surface area (Å²) in [6.07, 6.45) is 3.32. The Morgan fingerprint density at radius 2 is 1.50 bits per heavy atom. The largest absolute Gasteiger partial charge is 0.393 e. The monoisotopic (exact) mass is 166 g/mol. The van der Waals surface area contributed by atoms with E-state index in [0.29, 0.717) is 11.8 Å². The molecule has 12 heavy (non-hydrogen) atoms. The number of hydrogen-bond donors (Lipinski definition) is 0. The lowest BCUT2D eigenvalue weighted by molar-refractivity contribution is -0.154. The lowest BCUT2D eigenvalue weighted by Crippen LogP contribution is -2.24. The van der Waals surface area contributed by atoms with Crippen LogP contribution in [0.1, 0.15) is 19.3 Å². The van der Waals surface area contributed by atoms with Crippen molar-refractivity contribution < 1.29 is 14.3 Å². The third-order valence-corrected chi connectivity index (χ3v) is 3.66. The van der Waals surface area contributed by atoms with Gasteiger partial charge in [-0.15, -0.1) is 0 Å². The predicted molar refractivity (Wildman–Crippen MR) is 38.9 cm³/mol. The van der Waals surface area contributed by atoms with E-state index in [1.807, 2.05) is 0 Å². The van der Waals surface area contributed by atoms with E-state index in [4.69, 9.17) is 0 Å². The van der Waals surface area contributed by atoms with Gasteiger partial charge in [-0.2, -0.15) is 0 Å². The van der Waals surface area contributed by atoms with Crippen LogP contribution in [0.2, 0.25) is 0 Å². The molecule has 0 aromatic carbocycles. The highest BCUT2D eigenvalue weighted by atomic mass is 16.6. The van der Waals surface area contributed by atoms with Gasteiger partial charge in [0.1, 0.15) is 0 Å². The molecule has 2 unspecified atom stereocenters. The number of esters is 2. The Morgan fingerprint density at radius 1 is 1.00 bits per heavy atom. The topological polar surface area (TPSA) is 43.4 Å². The van der Waals surface area contributed by atoms with Gasteiger partial charge in [0.25, 0.3) is 0 Å². The molecule has 64 valence electrons. The molecule has 1 aliphatic heterocycles. The van der Waals surface area contributed by atoms with Crippen molar-refractivity contribution in [3.63, 3.8) is 0 Å². The fourth-order valence-corrected chi connectivity index (χ4v) is 3.20. The van der Waals surface area contributed by atoms with E-state index in [-0.39, 0.29) is 23.8 Å². The summed E-state index contributed by atoms with van der Waals surface area (Å²) in [6.45, 7) is 0. The molecule has 0 spiro atoms. The summed E-state index contributed by atoms with van der Waals surface area (Å²) in [6, 6.07) is 0. The highest BCUT2D eigenvalue weighted by Crippen LogP contribution is 2.55. The molecule has 0 amide bonds. The summed E-state index contributed by atoms with van der Waals surface area (Å²) in [5, 5.41) is 0. The van der Waals surface area contributed by atoms with E-state index in [1.165, 1.54) is 0 Å². The molecule has 1 saturated heterocycles. The number of rotatable bonds is 0. The van der Waals surface area contributed by atoms with E-state index in [9.17, 15) is 9.59 Å². The molecule has 3 heteroatoms. The highest BCUT2D eigenvalue weighted by molar-refractivity contribution is 5.97. The van der Waals surface area contributed by atoms with Crippen molar-refractivity contribution in [1.82, 2.24) is 0 Å². The molecule has 0 N–H and O–H groups in total. The number of cyclic esters (lactones) is 2. The van der Waals surface area contributed by atoms with E-state index < -0.39 is 0 Å². The van der Waals surface area contributed by atoms with Crippen LogP contribution >= 0.6 is 0 Å². The van der Waals surface area contributed by atoms with Gasteiger partial charge in [0.2, 0.25) is 0 Å². The number of ether oxygens (including phenoxy) is 1.